The summed E-state index contributed by atoms with van der Waals surface area (Å²) in [6.45, 7) is 4.02. The number of rotatable bonds is 4. The molecule has 162 valence electrons. The average Bonchev–Trinajstić information content (AvgIpc) is 2.92. The molecule has 2 aliphatic rings. The molecule has 0 unspecified atom stereocenters. The normalized spacial score (nSPS) is 19.1. The Morgan fingerprint density at radius 1 is 1.13 bits per heavy atom. The summed E-state index contributed by atoms with van der Waals surface area (Å²) >= 11 is 5.10. The van der Waals surface area contributed by atoms with Crippen molar-refractivity contribution in [2.75, 3.05) is 19.6 Å². The van der Waals surface area contributed by atoms with Gasteiger partial charge >= 0.3 is 0 Å². The van der Waals surface area contributed by atoms with E-state index in [-0.39, 0.29) is 23.1 Å². The van der Waals surface area contributed by atoms with Crippen molar-refractivity contribution >= 4 is 52.0 Å². The van der Waals surface area contributed by atoms with Crippen LogP contribution in [0.3, 0.4) is 0 Å². The Balaban J connectivity index is 1.67. The average molecular weight is 439 g/mol. The molecule has 0 bridgehead atoms. The fraction of sp³-hybridized carbons (Fsp3) is 0.391. The largest absolute Gasteiger partial charge is 0.341 e. The summed E-state index contributed by atoms with van der Waals surface area (Å²) in [6, 6.07) is 7.70. The third-order valence-electron chi connectivity index (χ3n) is 5.89. The Hall–Kier alpha value is -3.00. The number of fused-ring (bicyclic) bond motifs is 1. The summed E-state index contributed by atoms with van der Waals surface area (Å²) < 4.78 is 1.91. The second-order valence-electron chi connectivity index (χ2n) is 7.89. The van der Waals surface area contributed by atoms with E-state index in [4.69, 9.17) is 12.2 Å². The summed E-state index contributed by atoms with van der Waals surface area (Å²) in [5.74, 6) is -0.818. The van der Waals surface area contributed by atoms with Crippen molar-refractivity contribution in [1.29, 1.82) is 0 Å². The molecule has 3 amide bonds. The standard InChI is InChI=1S/C23H26N4O3S/c1-2-27-22(30)18(21(29)24-23(27)31)13-16-14-26(19-10-6-5-9-17(16)19)15-20(28)25-11-7-3-4-8-12-25/h5-6,9-10,13-14H,2-4,7-8,11-12,15H2,1H3,(H,24,29,31). The summed E-state index contributed by atoms with van der Waals surface area (Å²) in [7, 11) is 0. The molecule has 7 nitrogen and oxygen atoms in total. The van der Waals surface area contributed by atoms with Crippen LogP contribution < -0.4 is 5.32 Å². The van der Waals surface area contributed by atoms with E-state index in [2.05, 4.69) is 5.32 Å². The van der Waals surface area contributed by atoms with Gasteiger partial charge in [-0.25, -0.2) is 0 Å². The Morgan fingerprint density at radius 2 is 1.84 bits per heavy atom. The van der Waals surface area contributed by atoms with Crippen molar-refractivity contribution in [1.82, 2.24) is 19.7 Å². The molecule has 0 radical (unpaired) electrons. The van der Waals surface area contributed by atoms with E-state index in [9.17, 15) is 14.4 Å². The van der Waals surface area contributed by atoms with Crippen LogP contribution in [0.15, 0.2) is 36.0 Å². The SMILES string of the molecule is CCN1C(=O)C(=Cc2cn(CC(=O)N3CCCCCC3)c3ccccc23)C(=O)NC1=S. The first-order valence-corrected chi connectivity index (χ1v) is 11.1. The molecule has 1 aromatic heterocycles. The first-order chi connectivity index (χ1) is 15.0. The number of likely N-dealkylation sites (tertiary alicyclic amines) is 1. The molecule has 2 saturated heterocycles. The van der Waals surface area contributed by atoms with Crippen LogP contribution in [0.4, 0.5) is 0 Å². The molecule has 0 atom stereocenters. The van der Waals surface area contributed by atoms with Gasteiger partial charge in [0.1, 0.15) is 12.1 Å². The Kier molecular flexibility index (Phi) is 6.18. The third-order valence-corrected chi connectivity index (χ3v) is 6.21. The van der Waals surface area contributed by atoms with Gasteiger partial charge in [0.2, 0.25) is 5.91 Å². The van der Waals surface area contributed by atoms with Crippen molar-refractivity contribution in [3.8, 4) is 0 Å². The monoisotopic (exact) mass is 438 g/mol. The van der Waals surface area contributed by atoms with Crippen LogP contribution in [-0.4, -0.2) is 56.8 Å². The Labute approximate surface area is 186 Å². The smallest absolute Gasteiger partial charge is 0.265 e. The van der Waals surface area contributed by atoms with E-state index in [1.807, 2.05) is 39.9 Å². The van der Waals surface area contributed by atoms with Crippen molar-refractivity contribution in [3.63, 3.8) is 0 Å². The molecule has 1 N–H and O–H groups in total. The van der Waals surface area contributed by atoms with E-state index < -0.39 is 11.8 Å². The van der Waals surface area contributed by atoms with E-state index in [0.29, 0.717) is 6.54 Å². The summed E-state index contributed by atoms with van der Waals surface area (Å²) in [5.41, 5.74) is 1.66. The number of nitrogens with zero attached hydrogens (tertiary/aromatic N) is 3. The lowest BCUT2D eigenvalue weighted by Gasteiger charge is -2.27. The number of hydrogen-bond donors (Lipinski definition) is 1. The second-order valence-corrected chi connectivity index (χ2v) is 8.28. The van der Waals surface area contributed by atoms with Gasteiger partial charge in [-0.15, -0.1) is 0 Å². The van der Waals surface area contributed by atoms with Crippen molar-refractivity contribution in [2.24, 2.45) is 0 Å². The fourth-order valence-electron chi connectivity index (χ4n) is 4.22. The molecule has 0 aliphatic carbocycles. The molecule has 31 heavy (non-hydrogen) atoms. The maximum Gasteiger partial charge on any atom is 0.265 e. The van der Waals surface area contributed by atoms with E-state index in [1.54, 1.807) is 13.0 Å². The van der Waals surface area contributed by atoms with Crippen LogP contribution in [-0.2, 0) is 20.9 Å². The zero-order valence-electron chi connectivity index (χ0n) is 17.6. The van der Waals surface area contributed by atoms with E-state index >= 15 is 0 Å². The highest BCUT2D eigenvalue weighted by atomic mass is 32.1. The first-order valence-electron chi connectivity index (χ1n) is 10.7. The van der Waals surface area contributed by atoms with Crippen LogP contribution in [0.1, 0.15) is 38.2 Å². The van der Waals surface area contributed by atoms with Gasteiger partial charge in [0.15, 0.2) is 5.11 Å². The number of carbonyl (C=O) groups excluding carboxylic acids is 3. The van der Waals surface area contributed by atoms with Gasteiger partial charge in [0, 0.05) is 42.3 Å². The lowest BCUT2D eigenvalue weighted by molar-refractivity contribution is -0.132. The quantitative estimate of drug-likeness (QED) is 0.453. The fourth-order valence-corrected chi connectivity index (χ4v) is 4.53. The minimum Gasteiger partial charge on any atom is -0.341 e. The predicted octanol–water partition coefficient (Wildman–Crippen LogP) is 2.69. The number of benzene rings is 1. The summed E-state index contributed by atoms with van der Waals surface area (Å²) in [4.78, 5) is 41.5. The maximum atomic E-state index is 12.9. The van der Waals surface area contributed by atoms with Gasteiger partial charge < -0.3 is 9.47 Å². The zero-order chi connectivity index (χ0) is 22.0. The highest BCUT2D eigenvalue weighted by Gasteiger charge is 2.32. The van der Waals surface area contributed by atoms with Gasteiger partial charge in [-0.1, -0.05) is 31.0 Å². The minimum atomic E-state index is -0.503. The van der Waals surface area contributed by atoms with Crippen LogP contribution in [0.2, 0.25) is 0 Å². The highest BCUT2D eigenvalue weighted by Crippen LogP contribution is 2.25. The molecule has 3 heterocycles. The number of hydrogen-bond acceptors (Lipinski definition) is 4. The summed E-state index contributed by atoms with van der Waals surface area (Å²) in [6.07, 6.45) is 7.87. The van der Waals surface area contributed by atoms with Crippen LogP contribution in [0.5, 0.6) is 0 Å². The molecular formula is C23H26N4O3S. The highest BCUT2D eigenvalue weighted by molar-refractivity contribution is 7.80. The maximum absolute atomic E-state index is 12.9. The number of aromatic nitrogens is 1. The van der Waals surface area contributed by atoms with Gasteiger partial charge in [-0.3, -0.25) is 24.6 Å². The van der Waals surface area contributed by atoms with Crippen LogP contribution in [0, 0.1) is 0 Å². The molecule has 0 spiro atoms. The summed E-state index contributed by atoms with van der Waals surface area (Å²) in [5, 5.41) is 3.59. The van der Waals surface area contributed by atoms with Crippen molar-refractivity contribution in [3.05, 3.63) is 41.6 Å². The molecular weight excluding hydrogens is 412 g/mol. The van der Waals surface area contributed by atoms with Crippen LogP contribution in [0.25, 0.3) is 17.0 Å². The topological polar surface area (TPSA) is 74.7 Å². The Bertz CT molecular complexity index is 1080. The number of carbonyl (C=O) groups is 3. The lowest BCUT2D eigenvalue weighted by Crippen LogP contribution is -2.53. The predicted molar refractivity (Wildman–Crippen MR) is 123 cm³/mol. The Morgan fingerprint density at radius 3 is 2.55 bits per heavy atom. The number of nitrogens with one attached hydrogen (secondary N) is 1. The zero-order valence-corrected chi connectivity index (χ0v) is 18.4. The number of likely N-dealkylation sites (N-methyl/N-ethyl adjacent to an activating group) is 1. The molecule has 4 rings (SSSR count). The second kappa shape index (κ2) is 9.01. The van der Waals surface area contributed by atoms with E-state index in [1.165, 1.54) is 17.7 Å². The minimum absolute atomic E-state index is 0.0391. The molecule has 2 fully saturated rings. The molecule has 8 heteroatoms. The van der Waals surface area contributed by atoms with Gasteiger partial charge in [-0.05, 0) is 44.1 Å². The molecule has 2 aliphatic heterocycles. The van der Waals surface area contributed by atoms with Gasteiger partial charge in [-0.2, -0.15) is 0 Å². The number of para-hydroxylation sites is 1. The number of amides is 3. The first kappa shape index (κ1) is 21.2. The van der Waals surface area contributed by atoms with Gasteiger partial charge in [0.25, 0.3) is 11.8 Å². The van der Waals surface area contributed by atoms with Crippen molar-refractivity contribution in [2.45, 2.75) is 39.2 Å². The molecule has 1 aromatic carbocycles. The molecule has 0 saturated carbocycles. The van der Waals surface area contributed by atoms with E-state index in [0.717, 1.165) is 42.4 Å². The van der Waals surface area contributed by atoms with Gasteiger partial charge in [0.05, 0.1) is 0 Å². The van der Waals surface area contributed by atoms with Crippen LogP contribution >= 0.6 is 12.2 Å². The van der Waals surface area contributed by atoms with Crippen molar-refractivity contribution < 1.29 is 14.4 Å². The number of thiocarbonyl (C=S) groups is 1. The molecule has 2 aromatic rings. The lowest BCUT2D eigenvalue weighted by atomic mass is 10.1. The third kappa shape index (κ3) is 4.25.